The molecule has 1 aliphatic rings. The second-order valence-corrected chi connectivity index (χ2v) is 13.1. The van der Waals surface area contributed by atoms with Crippen LogP contribution < -0.4 is 21.9 Å². The van der Waals surface area contributed by atoms with E-state index >= 15 is 0 Å². The van der Waals surface area contributed by atoms with E-state index in [0.717, 1.165) is 21.2 Å². The molecule has 0 unspecified atom stereocenters. The second-order valence-electron chi connectivity index (χ2n) is 11.0. The lowest BCUT2D eigenvalue weighted by molar-refractivity contribution is -0.670. The third kappa shape index (κ3) is 15.7. The summed E-state index contributed by atoms with van der Waals surface area (Å²) in [6.45, 7) is 6.23. The van der Waals surface area contributed by atoms with Crippen LogP contribution in [0.15, 0.2) is 82.8 Å². The Morgan fingerprint density at radius 3 is 1.88 bits per heavy atom. The molecule has 2 heterocycles. The summed E-state index contributed by atoms with van der Waals surface area (Å²) in [4.78, 5) is 24.5. The topological polar surface area (TPSA) is 137 Å². The first-order valence-electron chi connectivity index (χ1n) is 16.9. The van der Waals surface area contributed by atoms with Gasteiger partial charge in [0.25, 0.3) is 5.01 Å². The van der Waals surface area contributed by atoms with Crippen LogP contribution in [0.25, 0.3) is 16.3 Å². The predicted octanol–water partition coefficient (Wildman–Crippen LogP) is 2.26. The zero-order chi connectivity index (χ0) is 35.9. The number of carboxylic acid groups (broad SMARTS) is 2. The first-order chi connectivity index (χ1) is 25.0. The number of anilines is 1. The lowest BCUT2D eigenvalue weighted by Crippen LogP contribution is -3.00. The summed E-state index contributed by atoms with van der Waals surface area (Å²) in [6.07, 6.45) is 10.4. The fraction of sp³-hybridized carbons (Fsp3) is 0.432. The van der Waals surface area contributed by atoms with Crippen LogP contribution >= 0.6 is 23.1 Å². The number of thioether (sulfide) groups is 1. The minimum atomic E-state index is -0.873. The van der Waals surface area contributed by atoms with Crippen LogP contribution in [-0.4, -0.2) is 108 Å². The van der Waals surface area contributed by atoms with Gasteiger partial charge in [0, 0.05) is 23.6 Å². The number of hydrogen-bond donors (Lipinski definition) is 2. The highest BCUT2D eigenvalue weighted by molar-refractivity contribution is 8.03. The van der Waals surface area contributed by atoms with E-state index in [1.54, 1.807) is 23.1 Å². The first-order valence-corrected chi connectivity index (χ1v) is 18.6. The summed E-state index contributed by atoms with van der Waals surface area (Å²) >= 11 is 3.48. The Morgan fingerprint density at radius 2 is 1.23 bits per heavy atom. The molecule has 0 radical (unpaired) electrons. The number of para-hydroxylation sites is 2. The fourth-order valence-electron chi connectivity index (χ4n) is 4.87. The summed E-state index contributed by atoms with van der Waals surface area (Å²) in [7, 11) is 0. The number of aromatic nitrogens is 1. The molecule has 52 heavy (non-hydrogen) atoms. The largest absolute Gasteiger partial charge is 1.00 e. The van der Waals surface area contributed by atoms with Crippen molar-refractivity contribution in [2.24, 2.45) is 0 Å². The van der Waals surface area contributed by atoms with Gasteiger partial charge in [-0.05, 0) is 24.3 Å². The van der Waals surface area contributed by atoms with Crippen molar-refractivity contribution in [3.63, 3.8) is 0 Å². The molecule has 1 aromatic heterocycles. The summed E-state index contributed by atoms with van der Waals surface area (Å²) < 4.78 is 36.6. The van der Waals surface area contributed by atoms with Crippen molar-refractivity contribution in [3.05, 3.63) is 82.9 Å². The van der Waals surface area contributed by atoms with E-state index < -0.39 is 11.9 Å². The highest BCUT2D eigenvalue weighted by atomic mass is 35.5. The fourth-order valence-corrected chi connectivity index (χ4v) is 7.07. The van der Waals surface area contributed by atoms with Gasteiger partial charge in [-0.1, -0.05) is 65.6 Å². The molecule has 0 spiro atoms. The monoisotopic (exact) mass is 778 g/mol. The minimum Gasteiger partial charge on any atom is -1.00 e. The van der Waals surface area contributed by atoms with E-state index in [0.29, 0.717) is 79.2 Å². The van der Waals surface area contributed by atoms with E-state index in [-0.39, 0.29) is 38.5 Å². The Morgan fingerprint density at radius 1 is 0.673 bits per heavy atom. The van der Waals surface area contributed by atoms with Gasteiger partial charge in [-0.25, -0.2) is 0 Å². The molecule has 0 saturated heterocycles. The Labute approximate surface area is 319 Å². The number of rotatable bonds is 27. The number of hydrogen-bond acceptors (Lipinski definition) is 11. The number of carboxylic acids is 2. The first kappa shape index (κ1) is 43.1. The summed E-state index contributed by atoms with van der Waals surface area (Å²) in [5, 5.41) is 19.5. The molecular weight excluding hydrogens is 732 g/mol. The molecule has 0 saturated carbocycles. The molecule has 0 fully saturated rings. The van der Waals surface area contributed by atoms with Gasteiger partial charge in [0.1, 0.15) is 11.3 Å². The van der Waals surface area contributed by atoms with Crippen LogP contribution in [0.2, 0.25) is 0 Å². The van der Waals surface area contributed by atoms with E-state index in [1.807, 2.05) is 18.2 Å². The number of fused-ring (bicyclic) bond motifs is 2. The SMILES string of the molecule is O=C(O)CCOCCOCCOCCN1C(=CC=CC=Cc2sc3ccccc3[n+]2CCOCCOCCOCCC(=O)O)Sc2ccccc21.[Cl-]. The zero-order valence-electron chi connectivity index (χ0n) is 29.1. The van der Waals surface area contributed by atoms with Crippen LogP contribution in [0, 0.1) is 0 Å². The maximum Gasteiger partial charge on any atom is 0.305 e. The van der Waals surface area contributed by atoms with Crippen LogP contribution in [0.4, 0.5) is 5.69 Å². The standard InChI is InChI=1S/C37H46N2O10S2.ClH/c40-36(41)14-18-44-22-26-48-28-24-46-20-16-38-30-8-4-6-10-32(30)50-34(38)12-2-1-3-13-35-39(31-9-5-7-11-33(31)51-35)17-21-47-25-29-49-27-23-45-19-15-37(42)43;/h1-13H,14-29H2,(H-,40,41,42,43);1H. The molecule has 1 aliphatic heterocycles. The summed E-state index contributed by atoms with van der Waals surface area (Å²) in [5.41, 5.74) is 2.33. The molecule has 0 amide bonds. The van der Waals surface area contributed by atoms with Crippen molar-refractivity contribution in [2.75, 3.05) is 90.7 Å². The number of ether oxygens (including phenoxy) is 6. The zero-order valence-corrected chi connectivity index (χ0v) is 31.5. The molecule has 2 N–H and O–H groups in total. The number of carbonyl (C=O) groups is 2. The predicted molar refractivity (Wildman–Crippen MR) is 197 cm³/mol. The average Bonchev–Trinajstić information content (AvgIpc) is 3.66. The van der Waals surface area contributed by atoms with Gasteiger partial charge in [0.05, 0.1) is 96.2 Å². The molecule has 15 heteroatoms. The third-order valence-electron chi connectivity index (χ3n) is 7.30. The number of nitrogens with zero attached hydrogens (tertiary/aromatic N) is 2. The number of allylic oxidation sites excluding steroid dienone is 4. The normalized spacial score (nSPS) is 13.5. The number of benzene rings is 2. The maximum atomic E-state index is 10.5. The number of thiazole rings is 1. The molecule has 0 aliphatic carbocycles. The quantitative estimate of drug-likeness (QED) is 0.0668. The summed E-state index contributed by atoms with van der Waals surface area (Å²) in [5.74, 6) is -1.75. The van der Waals surface area contributed by atoms with Gasteiger partial charge in [-0.15, -0.1) is 0 Å². The maximum absolute atomic E-state index is 10.5. The van der Waals surface area contributed by atoms with E-state index in [9.17, 15) is 9.59 Å². The second kappa shape index (κ2) is 25.6. The van der Waals surface area contributed by atoms with Crippen molar-refractivity contribution < 1.29 is 65.2 Å². The van der Waals surface area contributed by atoms with Crippen LogP contribution in [0.3, 0.4) is 0 Å². The lowest BCUT2D eigenvalue weighted by Gasteiger charge is -2.20. The van der Waals surface area contributed by atoms with Gasteiger partial charge in [0.2, 0.25) is 5.52 Å². The smallest absolute Gasteiger partial charge is 0.305 e. The van der Waals surface area contributed by atoms with Crippen molar-refractivity contribution in [1.82, 2.24) is 0 Å². The minimum absolute atomic E-state index is 0. The van der Waals surface area contributed by atoms with E-state index in [1.165, 1.54) is 9.60 Å². The molecule has 0 atom stereocenters. The van der Waals surface area contributed by atoms with Gasteiger partial charge in [-0.3, -0.25) is 9.59 Å². The van der Waals surface area contributed by atoms with Gasteiger partial charge in [0.15, 0.2) is 6.54 Å². The van der Waals surface area contributed by atoms with Crippen molar-refractivity contribution in [1.29, 1.82) is 0 Å². The van der Waals surface area contributed by atoms with Gasteiger partial charge in [-0.2, -0.15) is 4.57 Å². The third-order valence-corrected chi connectivity index (χ3v) is 9.56. The molecule has 12 nitrogen and oxygen atoms in total. The molecule has 0 bridgehead atoms. The molecule has 3 aromatic rings. The molecule has 4 rings (SSSR count). The lowest BCUT2D eigenvalue weighted by atomic mass is 10.3. The van der Waals surface area contributed by atoms with Crippen molar-refractivity contribution in [3.8, 4) is 0 Å². The Balaban J connectivity index is 0.00000729. The van der Waals surface area contributed by atoms with Gasteiger partial charge >= 0.3 is 11.9 Å². The van der Waals surface area contributed by atoms with E-state index in [4.69, 9.17) is 38.6 Å². The molecule has 284 valence electrons. The van der Waals surface area contributed by atoms with Crippen molar-refractivity contribution >= 4 is 57.0 Å². The van der Waals surface area contributed by atoms with Gasteiger partial charge < -0.3 is 55.9 Å². The van der Waals surface area contributed by atoms with Crippen LogP contribution in [0.5, 0.6) is 0 Å². The number of halogens is 1. The average molecular weight is 779 g/mol. The molecule has 2 aromatic carbocycles. The summed E-state index contributed by atoms with van der Waals surface area (Å²) in [6, 6.07) is 16.7. The molecular formula is C37H47ClN2O10S2. The number of aliphatic carboxylic acids is 2. The Bertz CT molecular complexity index is 1600. The Hall–Kier alpha value is -3.31. The highest BCUT2D eigenvalue weighted by Crippen LogP contribution is 2.45. The Kier molecular flexibility index (Phi) is 21.2. The van der Waals surface area contributed by atoms with E-state index in [2.05, 4.69) is 70.2 Å². The highest BCUT2D eigenvalue weighted by Gasteiger charge is 2.24. The van der Waals surface area contributed by atoms with Crippen LogP contribution in [-0.2, 0) is 44.6 Å². The van der Waals surface area contributed by atoms with Crippen molar-refractivity contribution in [2.45, 2.75) is 24.3 Å². The van der Waals surface area contributed by atoms with Crippen LogP contribution in [0.1, 0.15) is 17.8 Å².